The largest absolute Gasteiger partial charge is 0.861 e. The number of carbonyl (C=O) groups excluding carboxylic acids is 1. The van der Waals surface area contributed by atoms with E-state index in [1.165, 1.54) is 22.0 Å². The van der Waals surface area contributed by atoms with E-state index < -0.39 is 5.90 Å². The number of carbonyl (C=O) groups is 1. The predicted molar refractivity (Wildman–Crippen MR) is 105 cm³/mol. The molecule has 0 bridgehead atoms. The highest BCUT2D eigenvalue weighted by molar-refractivity contribution is 8.14. The molecule has 1 aliphatic heterocycles. The number of amidine groups is 1. The average Bonchev–Trinajstić information content (AvgIpc) is 3.44. The van der Waals surface area contributed by atoms with Crippen molar-refractivity contribution in [3.05, 3.63) is 66.4 Å². The van der Waals surface area contributed by atoms with Crippen LogP contribution in [0.3, 0.4) is 0 Å². The van der Waals surface area contributed by atoms with Gasteiger partial charge in [0.1, 0.15) is 11.5 Å². The van der Waals surface area contributed by atoms with Crippen molar-refractivity contribution in [3.63, 3.8) is 0 Å². The van der Waals surface area contributed by atoms with E-state index in [2.05, 4.69) is 15.3 Å². The highest BCUT2D eigenvalue weighted by Gasteiger charge is 2.32. The second-order valence-corrected chi connectivity index (χ2v) is 6.87. The molecule has 0 saturated carbocycles. The van der Waals surface area contributed by atoms with Gasteiger partial charge in [-0.1, -0.05) is 34.6 Å². The monoisotopic (exact) mass is 409 g/mol. The van der Waals surface area contributed by atoms with Gasteiger partial charge >= 0.3 is 5.88 Å². The molecule has 0 unspecified atom stereocenters. The van der Waals surface area contributed by atoms with Crippen LogP contribution < -0.4 is 14.7 Å². The summed E-state index contributed by atoms with van der Waals surface area (Å²) in [6.45, 7) is 0. The number of aromatic nitrogens is 2. The molecule has 0 saturated heterocycles. The fourth-order valence-corrected chi connectivity index (χ4v) is 3.35. The first-order valence-corrected chi connectivity index (χ1v) is 9.52. The summed E-state index contributed by atoms with van der Waals surface area (Å²) in [7, 11) is 1.66. The number of aryl methyl sites for hydroxylation is 1. The van der Waals surface area contributed by atoms with Crippen LogP contribution in [-0.4, -0.2) is 28.0 Å². The molecule has 10 heteroatoms. The zero-order valence-electron chi connectivity index (χ0n) is 15.3. The van der Waals surface area contributed by atoms with Crippen LogP contribution in [0.1, 0.15) is 5.76 Å². The van der Waals surface area contributed by atoms with Gasteiger partial charge in [0.25, 0.3) is 12.1 Å². The van der Waals surface area contributed by atoms with Crippen LogP contribution in [0, 0.1) is 0 Å². The van der Waals surface area contributed by atoms with Gasteiger partial charge < -0.3 is 9.52 Å². The van der Waals surface area contributed by atoms with E-state index in [1.54, 1.807) is 37.4 Å². The van der Waals surface area contributed by atoms with Gasteiger partial charge in [-0.15, -0.1) is 0 Å². The number of anilines is 1. The molecule has 3 aromatic rings. The van der Waals surface area contributed by atoms with Crippen LogP contribution in [0.5, 0.6) is 0 Å². The zero-order valence-corrected chi connectivity index (χ0v) is 16.1. The normalized spacial score (nSPS) is 16.0. The van der Waals surface area contributed by atoms with E-state index in [9.17, 15) is 9.90 Å². The molecular formula is C19H15N5O4S. The van der Waals surface area contributed by atoms with Crippen LogP contribution in [-0.2, 0) is 11.8 Å². The number of nitrogens with zero attached hydrogens (tertiary/aromatic N) is 5. The number of hydrogen-bond acceptors (Lipinski definition) is 8. The number of furan rings is 1. The fourth-order valence-electron chi connectivity index (χ4n) is 2.55. The molecule has 0 fully saturated rings. The Bertz CT molecular complexity index is 1100. The summed E-state index contributed by atoms with van der Waals surface area (Å²) in [6.07, 6.45) is 4.57. The lowest BCUT2D eigenvalue weighted by atomic mass is 10.2. The summed E-state index contributed by atoms with van der Waals surface area (Å²) in [5.41, 5.74) is 0.871. The lowest BCUT2D eigenvalue weighted by molar-refractivity contribution is -0.739. The number of para-hydroxylation sites is 1. The van der Waals surface area contributed by atoms with Gasteiger partial charge in [0.05, 0.1) is 12.0 Å². The summed E-state index contributed by atoms with van der Waals surface area (Å²) in [4.78, 5) is 22.6. The molecule has 0 atom stereocenters. The predicted octanol–water partition coefficient (Wildman–Crippen LogP) is 1.66. The van der Waals surface area contributed by atoms with Gasteiger partial charge in [-0.3, -0.25) is 14.2 Å². The first-order chi connectivity index (χ1) is 14.1. The maximum absolute atomic E-state index is 12.9. The third-order valence-corrected chi connectivity index (χ3v) is 4.71. The van der Waals surface area contributed by atoms with Gasteiger partial charge in [0.15, 0.2) is 17.5 Å². The summed E-state index contributed by atoms with van der Waals surface area (Å²) >= 11 is 1.11. The Kier molecular flexibility index (Phi) is 5.25. The summed E-state index contributed by atoms with van der Waals surface area (Å²) in [5, 5.41) is 16.2. The number of amides is 1. The lowest BCUT2D eigenvalue weighted by Crippen LogP contribution is -2.31. The Morgan fingerprint density at radius 3 is 2.83 bits per heavy atom. The molecule has 0 aliphatic carbocycles. The molecule has 146 valence electrons. The minimum atomic E-state index is -0.432. The van der Waals surface area contributed by atoms with Gasteiger partial charge in [-0.25, -0.2) is 9.98 Å². The first kappa shape index (κ1) is 18.7. The Balaban J connectivity index is 1.58. The second-order valence-electron chi connectivity index (χ2n) is 5.92. The van der Waals surface area contributed by atoms with Crippen molar-refractivity contribution in [2.45, 2.75) is 0 Å². The minimum Gasteiger partial charge on any atom is -0.861 e. The van der Waals surface area contributed by atoms with Crippen molar-refractivity contribution in [2.24, 2.45) is 17.0 Å². The molecule has 1 aromatic carbocycles. The molecule has 1 aliphatic rings. The van der Waals surface area contributed by atoms with Gasteiger partial charge in [0.2, 0.25) is 0 Å². The van der Waals surface area contributed by atoms with Crippen LogP contribution in [0.2, 0.25) is 0 Å². The van der Waals surface area contributed by atoms with E-state index in [0.717, 1.165) is 11.8 Å². The van der Waals surface area contributed by atoms with E-state index in [-0.39, 0.29) is 23.2 Å². The Hall–Kier alpha value is -3.66. The van der Waals surface area contributed by atoms with E-state index in [4.69, 9.17) is 8.94 Å². The third-order valence-electron chi connectivity index (χ3n) is 3.79. The highest BCUT2D eigenvalue weighted by Crippen LogP contribution is 2.29. The van der Waals surface area contributed by atoms with Gasteiger partial charge in [-0.05, 0) is 30.2 Å². The molecule has 9 nitrogen and oxygen atoms in total. The standard InChI is InChI=1S/C19H15N5O4S/c1-23-11-17(28-22-23)21-16(25)12-29-19-20-15(10-14-8-5-9-27-14)18(26)24(19)13-6-3-2-4-7-13/h2-11H,12H2,1H3/b15-10+. The van der Waals surface area contributed by atoms with E-state index >= 15 is 0 Å². The third kappa shape index (κ3) is 4.27. The first-order valence-electron chi connectivity index (χ1n) is 8.53. The molecule has 0 spiro atoms. The molecule has 1 amide bonds. The second kappa shape index (κ2) is 8.15. The summed E-state index contributed by atoms with van der Waals surface area (Å²) in [5.74, 6) is -0.130. The SMILES string of the molecule is C[n+]1cc(/N=C(/[O-])CSC2=N/C(=C/c3ccco3)C(=O)N2c2ccccc2)on1. The number of thioether (sulfide) groups is 1. The molecule has 0 radical (unpaired) electrons. The van der Waals surface area contributed by atoms with E-state index in [1.807, 2.05) is 18.2 Å². The number of hydrogen-bond donors (Lipinski definition) is 0. The molecule has 4 rings (SSSR count). The van der Waals surface area contributed by atoms with Crippen LogP contribution in [0.15, 0.2) is 79.5 Å². The molecular weight excluding hydrogens is 394 g/mol. The van der Waals surface area contributed by atoms with Crippen molar-refractivity contribution in [1.82, 2.24) is 5.27 Å². The minimum absolute atomic E-state index is 0.0199. The molecule has 0 N–H and O–H groups in total. The maximum atomic E-state index is 12.9. The number of benzene rings is 1. The van der Waals surface area contributed by atoms with E-state index in [0.29, 0.717) is 16.6 Å². The Morgan fingerprint density at radius 1 is 1.31 bits per heavy atom. The van der Waals surface area contributed by atoms with Gasteiger partial charge in [0, 0.05) is 11.8 Å². The van der Waals surface area contributed by atoms with Crippen molar-refractivity contribution >= 4 is 46.4 Å². The average molecular weight is 409 g/mol. The lowest BCUT2D eigenvalue weighted by Gasteiger charge is -2.18. The fraction of sp³-hybridized carbons (Fsp3) is 0.105. The van der Waals surface area contributed by atoms with Crippen LogP contribution in [0.4, 0.5) is 11.6 Å². The molecule has 2 aromatic heterocycles. The molecule has 3 heterocycles. The summed E-state index contributed by atoms with van der Waals surface area (Å²) < 4.78 is 11.6. The highest BCUT2D eigenvalue weighted by atomic mass is 32.2. The van der Waals surface area contributed by atoms with Crippen molar-refractivity contribution < 1.29 is 23.5 Å². The summed E-state index contributed by atoms with van der Waals surface area (Å²) in [6, 6.07) is 12.5. The maximum Gasteiger partial charge on any atom is 0.320 e. The van der Waals surface area contributed by atoms with Crippen molar-refractivity contribution in [1.29, 1.82) is 0 Å². The Labute approximate surface area is 169 Å². The van der Waals surface area contributed by atoms with Gasteiger partial charge in [-0.2, -0.15) is 0 Å². The van der Waals surface area contributed by atoms with Crippen LogP contribution in [0.25, 0.3) is 6.08 Å². The van der Waals surface area contributed by atoms with Crippen LogP contribution >= 0.6 is 11.8 Å². The topological polar surface area (TPSA) is 111 Å². The Morgan fingerprint density at radius 2 is 2.14 bits per heavy atom. The van der Waals surface area contributed by atoms with Crippen molar-refractivity contribution in [3.8, 4) is 0 Å². The van der Waals surface area contributed by atoms with Crippen molar-refractivity contribution in [2.75, 3.05) is 10.7 Å². The molecule has 29 heavy (non-hydrogen) atoms. The quantitative estimate of drug-likeness (QED) is 0.274. The smallest absolute Gasteiger partial charge is 0.320 e. The number of aliphatic imine (C=N–C) groups is 2. The number of rotatable bonds is 5. The zero-order chi connectivity index (χ0) is 20.2.